The van der Waals surface area contributed by atoms with Crippen LogP contribution in [0.2, 0.25) is 0 Å². The summed E-state index contributed by atoms with van der Waals surface area (Å²) in [5.41, 5.74) is 2.51. The Balaban J connectivity index is 1.35. The topological polar surface area (TPSA) is 94.9 Å². The minimum atomic E-state index is -0.282. The highest BCUT2D eigenvalue weighted by molar-refractivity contribution is 7.99. The molecule has 0 fully saturated rings. The van der Waals surface area contributed by atoms with Gasteiger partial charge in [-0.1, -0.05) is 17.8 Å². The van der Waals surface area contributed by atoms with Gasteiger partial charge in [-0.3, -0.25) is 9.59 Å². The minimum absolute atomic E-state index is 0.0543. The molecule has 0 aliphatic carbocycles. The molecule has 2 heterocycles. The van der Waals surface area contributed by atoms with E-state index in [9.17, 15) is 9.59 Å². The molecule has 35 heavy (non-hydrogen) atoms. The van der Waals surface area contributed by atoms with E-state index in [1.165, 1.54) is 16.7 Å². The molecular formula is C25H28N4O5S. The van der Waals surface area contributed by atoms with E-state index in [1.54, 1.807) is 44.6 Å². The first-order valence-electron chi connectivity index (χ1n) is 11.2. The number of thioether (sulfide) groups is 1. The number of rotatable bonds is 9. The molecule has 1 aliphatic rings. The number of nitrogens with zero attached hydrogens (tertiary/aromatic N) is 3. The van der Waals surface area contributed by atoms with Crippen LogP contribution in [0.3, 0.4) is 0 Å². The molecule has 0 atom stereocenters. The normalized spacial score (nSPS) is 12.2. The Morgan fingerprint density at radius 2 is 1.97 bits per heavy atom. The van der Waals surface area contributed by atoms with Gasteiger partial charge >= 0.3 is 0 Å². The van der Waals surface area contributed by atoms with Crippen molar-refractivity contribution in [1.82, 2.24) is 14.5 Å². The van der Waals surface area contributed by atoms with Crippen molar-refractivity contribution in [2.24, 2.45) is 0 Å². The van der Waals surface area contributed by atoms with E-state index in [2.05, 4.69) is 14.9 Å². The maximum absolute atomic E-state index is 12.7. The van der Waals surface area contributed by atoms with Gasteiger partial charge in [-0.15, -0.1) is 0 Å². The SMILES string of the molecule is CCn1c(-c2ccc3c(c2)OCCO3)cnc1SCC(=O)N(C)CC(=O)Nc1cccc(OC)c1. The Kier molecular flexibility index (Phi) is 7.81. The van der Waals surface area contributed by atoms with Gasteiger partial charge in [-0.2, -0.15) is 0 Å². The minimum Gasteiger partial charge on any atom is -0.497 e. The number of ether oxygens (including phenoxy) is 3. The summed E-state index contributed by atoms with van der Waals surface area (Å²) in [6.45, 7) is 3.74. The van der Waals surface area contributed by atoms with E-state index < -0.39 is 0 Å². The van der Waals surface area contributed by atoms with E-state index in [1.807, 2.05) is 25.1 Å². The van der Waals surface area contributed by atoms with Crippen molar-refractivity contribution in [2.45, 2.75) is 18.6 Å². The fourth-order valence-corrected chi connectivity index (χ4v) is 4.64. The van der Waals surface area contributed by atoms with Crippen molar-refractivity contribution in [3.8, 4) is 28.5 Å². The van der Waals surface area contributed by atoms with Crippen LogP contribution in [0.1, 0.15) is 6.92 Å². The van der Waals surface area contributed by atoms with Crippen molar-refractivity contribution in [1.29, 1.82) is 0 Å². The zero-order valence-electron chi connectivity index (χ0n) is 19.9. The highest BCUT2D eigenvalue weighted by Crippen LogP contribution is 2.35. The second-order valence-corrected chi connectivity index (χ2v) is 8.79. The molecule has 0 bridgehead atoms. The number of likely N-dealkylation sites (N-methyl/N-ethyl adjacent to an activating group) is 1. The molecule has 4 rings (SSSR count). The standard InChI is InChI=1S/C25H28N4O5S/c1-4-29-20(17-8-9-21-22(12-17)34-11-10-33-21)14-26-25(29)35-16-24(31)28(2)15-23(30)27-18-6-5-7-19(13-18)32-3/h5-9,12-14H,4,10-11,15-16H2,1-3H3,(H,27,30). The zero-order chi connectivity index (χ0) is 24.8. The average Bonchev–Trinajstić information content (AvgIpc) is 3.29. The van der Waals surface area contributed by atoms with E-state index >= 15 is 0 Å². The monoisotopic (exact) mass is 496 g/mol. The molecular weight excluding hydrogens is 468 g/mol. The number of methoxy groups -OCH3 is 1. The van der Waals surface area contributed by atoms with Crippen molar-refractivity contribution < 1.29 is 23.8 Å². The average molecular weight is 497 g/mol. The Bertz CT molecular complexity index is 1210. The van der Waals surface area contributed by atoms with Crippen LogP contribution in [-0.2, 0) is 16.1 Å². The number of carbonyl (C=O) groups excluding carboxylic acids is 2. The fraction of sp³-hybridized carbons (Fsp3) is 0.320. The summed E-state index contributed by atoms with van der Waals surface area (Å²) in [4.78, 5) is 31.0. The number of hydrogen-bond acceptors (Lipinski definition) is 7. The number of hydrogen-bond donors (Lipinski definition) is 1. The van der Waals surface area contributed by atoms with Gasteiger partial charge in [0.25, 0.3) is 0 Å². The first-order chi connectivity index (χ1) is 17.0. The number of fused-ring (bicyclic) bond motifs is 1. The van der Waals surface area contributed by atoms with Crippen LogP contribution in [0, 0.1) is 0 Å². The summed E-state index contributed by atoms with van der Waals surface area (Å²) in [7, 11) is 3.18. The molecule has 3 aromatic rings. The number of imidazole rings is 1. The van der Waals surface area contributed by atoms with Crippen LogP contribution in [0.4, 0.5) is 5.69 Å². The number of amides is 2. The van der Waals surface area contributed by atoms with Gasteiger partial charge in [0.1, 0.15) is 19.0 Å². The Hall–Kier alpha value is -3.66. The summed E-state index contributed by atoms with van der Waals surface area (Å²) in [5.74, 6) is 1.82. The lowest BCUT2D eigenvalue weighted by Crippen LogP contribution is -2.36. The molecule has 184 valence electrons. The molecule has 10 heteroatoms. The van der Waals surface area contributed by atoms with Crippen LogP contribution in [0.25, 0.3) is 11.3 Å². The highest BCUT2D eigenvalue weighted by atomic mass is 32.2. The molecule has 1 aliphatic heterocycles. The number of carbonyl (C=O) groups is 2. The van der Waals surface area contributed by atoms with Crippen molar-refractivity contribution >= 4 is 29.3 Å². The molecule has 0 spiro atoms. The molecule has 1 aromatic heterocycles. The van der Waals surface area contributed by atoms with Crippen molar-refractivity contribution in [2.75, 3.05) is 45.0 Å². The molecule has 2 aromatic carbocycles. The third-order valence-electron chi connectivity index (χ3n) is 5.46. The van der Waals surface area contributed by atoms with E-state index in [-0.39, 0.29) is 24.1 Å². The van der Waals surface area contributed by atoms with Gasteiger partial charge in [0.15, 0.2) is 16.7 Å². The second kappa shape index (κ2) is 11.2. The van der Waals surface area contributed by atoms with Gasteiger partial charge in [0.05, 0.1) is 31.3 Å². The summed E-state index contributed by atoms with van der Waals surface area (Å²) in [5, 5.41) is 3.52. The smallest absolute Gasteiger partial charge is 0.243 e. The predicted octanol–water partition coefficient (Wildman–Crippen LogP) is 3.54. The molecule has 0 saturated heterocycles. The van der Waals surface area contributed by atoms with Crippen LogP contribution in [0.5, 0.6) is 17.2 Å². The molecule has 0 saturated carbocycles. The van der Waals surface area contributed by atoms with Crippen LogP contribution in [-0.4, -0.2) is 65.9 Å². The Morgan fingerprint density at radius 1 is 1.17 bits per heavy atom. The van der Waals surface area contributed by atoms with Gasteiger partial charge in [-0.25, -0.2) is 4.98 Å². The maximum atomic E-state index is 12.7. The summed E-state index contributed by atoms with van der Waals surface area (Å²) in [6, 6.07) is 12.9. The van der Waals surface area contributed by atoms with Gasteiger partial charge in [0, 0.05) is 30.9 Å². The van der Waals surface area contributed by atoms with E-state index in [0.29, 0.717) is 31.2 Å². The zero-order valence-corrected chi connectivity index (χ0v) is 20.8. The van der Waals surface area contributed by atoms with Gasteiger partial charge < -0.3 is 29.0 Å². The molecule has 9 nitrogen and oxygen atoms in total. The fourth-order valence-electron chi connectivity index (χ4n) is 3.65. The number of anilines is 1. The Labute approximate surface area is 208 Å². The largest absolute Gasteiger partial charge is 0.497 e. The number of nitrogens with one attached hydrogen (secondary N) is 1. The van der Waals surface area contributed by atoms with Gasteiger partial charge in [-0.05, 0) is 37.3 Å². The number of benzene rings is 2. The first kappa shape index (κ1) is 24.5. The predicted molar refractivity (Wildman–Crippen MR) is 134 cm³/mol. The van der Waals surface area contributed by atoms with Crippen molar-refractivity contribution in [3.63, 3.8) is 0 Å². The highest BCUT2D eigenvalue weighted by Gasteiger charge is 2.18. The van der Waals surface area contributed by atoms with E-state index in [0.717, 1.165) is 27.9 Å². The Morgan fingerprint density at radius 3 is 2.74 bits per heavy atom. The molecule has 0 radical (unpaired) electrons. The van der Waals surface area contributed by atoms with Gasteiger partial charge in [0.2, 0.25) is 11.8 Å². The van der Waals surface area contributed by atoms with E-state index in [4.69, 9.17) is 14.2 Å². The van der Waals surface area contributed by atoms with Crippen LogP contribution >= 0.6 is 11.8 Å². The van der Waals surface area contributed by atoms with Crippen LogP contribution in [0.15, 0.2) is 53.8 Å². The lowest BCUT2D eigenvalue weighted by Gasteiger charge is -2.19. The quantitative estimate of drug-likeness (QED) is 0.453. The number of aromatic nitrogens is 2. The first-order valence-corrected chi connectivity index (χ1v) is 12.2. The second-order valence-electron chi connectivity index (χ2n) is 7.85. The lowest BCUT2D eigenvalue weighted by atomic mass is 10.1. The maximum Gasteiger partial charge on any atom is 0.243 e. The summed E-state index contributed by atoms with van der Waals surface area (Å²) in [6.07, 6.45) is 1.80. The lowest BCUT2D eigenvalue weighted by molar-refractivity contribution is -0.131. The third-order valence-corrected chi connectivity index (χ3v) is 6.43. The summed E-state index contributed by atoms with van der Waals surface area (Å²) < 4.78 is 18.5. The molecule has 2 amide bonds. The summed E-state index contributed by atoms with van der Waals surface area (Å²) >= 11 is 1.34. The molecule has 0 unspecified atom stereocenters. The van der Waals surface area contributed by atoms with Crippen molar-refractivity contribution in [3.05, 3.63) is 48.7 Å². The third kappa shape index (κ3) is 5.89. The van der Waals surface area contributed by atoms with Crippen LogP contribution < -0.4 is 19.5 Å². The molecule has 1 N–H and O–H groups in total.